The molecular weight excluding hydrogens is 408 g/mol. The predicted molar refractivity (Wildman–Crippen MR) is 123 cm³/mol. The molecule has 1 saturated heterocycles. The molecule has 1 amide bonds. The molecule has 31 heavy (non-hydrogen) atoms. The lowest BCUT2D eigenvalue weighted by Crippen LogP contribution is -2.56. The maximum absolute atomic E-state index is 13.2. The Morgan fingerprint density at radius 2 is 1.65 bits per heavy atom. The molecular formula is C25H32N2O3S. The summed E-state index contributed by atoms with van der Waals surface area (Å²) in [6.07, 6.45) is 3.72. The summed E-state index contributed by atoms with van der Waals surface area (Å²) < 4.78 is 24.7. The Labute approximate surface area is 186 Å². The van der Waals surface area contributed by atoms with Crippen LogP contribution in [0.15, 0.2) is 59.5 Å². The van der Waals surface area contributed by atoms with Crippen molar-refractivity contribution in [1.29, 1.82) is 0 Å². The molecule has 0 radical (unpaired) electrons. The number of nitrogens with zero attached hydrogens (tertiary/aromatic N) is 2. The lowest BCUT2D eigenvalue weighted by atomic mass is 10.0. The maximum Gasteiger partial charge on any atom is 0.227 e. The molecule has 1 aliphatic heterocycles. The SMILES string of the molecule is CC(C)S(=O)(=O)c1ccc(CC(=O)N2CCN(C3CC3)CC2Cc2ccccc2)cc1. The zero-order valence-electron chi connectivity index (χ0n) is 18.4. The van der Waals surface area contributed by atoms with Crippen LogP contribution < -0.4 is 0 Å². The molecule has 166 valence electrons. The zero-order valence-corrected chi connectivity index (χ0v) is 19.2. The van der Waals surface area contributed by atoms with Crippen LogP contribution in [-0.2, 0) is 27.5 Å². The quantitative estimate of drug-likeness (QED) is 0.663. The minimum Gasteiger partial charge on any atom is -0.337 e. The summed E-state index contributed by atoms with van der Waals surface area (Å²) in [6.45, 7) is 5.98. The van der Waals surface area contributed by atoms with Gasteiger partial charge in [0.2, 0.25) is 5.91 Å². The summed E-state index contributed by atoms with van der Waals surface area (Å²) >= 11 is 0. The van der Waals surface area contributed by atoms with Crippen molar-refractivity contribution < 1.29 is 13.2 Å². The van der Waals surface area contributed by atoms with Crippen molar-refractivity contribution in [3.8, 4) is 0 Å². The summed E-state index contributed by atoms with van der Waals surface area (Å²) in [6, 6.07) is 18.1. The normalized spacial score (nSPS) is 20.2. The van der Waals surface area contributed by atoms with Gasteiger partial charge in [-0.3, -0.25) is 9.69 Å². The molecule has 4 rings (SSSR count). The molecule has 0 bridgehead atoms. The molecule has 6 heteroatoms. The summed E-state index contributed by atoms with van der Waals surface area (Å²) in [5, 5.41) is -0.457. The van der Waals surface area contributed by atoms with E-state index in [0.717, 1.165) is 31.6 Å². The Morgan fingerprint density at radius 3 is 2.26 bits per heavy atom. The zero-order chi connectivity index (χ0) is 22.0. The third-order valence-corrected chi connectivity index (χ3v) is 8.61. The Balaban J connectivity index is 1.46. The van der Waals surface area contributed by atoms with Gasteiger partial charge in [0.1, 0.15) is 0 Å². The number of amides is 1. The van der Waals surface area contributed by atoms with Crippen molar-refractivity contribution >= 4 is 15.7 Å². The monoisotopic (exact) mass is 440 g/mol. The highest BCUT2D eigenvalue weighted by atomic mass is 32.2. The van der Waals surface area contributed by atoms with Gasteiger partial charge in [0.15, 0.2) is 9.84 Å². The number of hydrogen-bond donors (Lipinski definition) is 0. The number of benzene rings is 2. The molecule has 2 aromatic carbocycles. The molecule has 1 heterocycles. The van der Waals surface area contributed by atoms with E-state index in [0.29, 0.717) is 17.4 Å². The average Bonchev–Trinajstić information content (AvgIpc) is 3.60. The Kier molecular flexibility index (Phi) is 6.49. The van der Waals surface area contributed by atoms with Gasteiger partial charge in [0.05, 0.1) is 16.6 Å². The average molecular weight is 441 g/mol. The number of hydrogen-bond acceptors (Lipinski definition) is 4. The van der Waals surface area contributed by atoms with Gasteiger partial charge in [-0.25, -0.2) is 8.42 Å². The number of piperazine rings is 1. The van der Waals surface area contributed by atoms with E-state index < -0.39 is 15.1 Å². The first-order valence-electron chi connectivity index (χ1n) is 11.2. The molecule has 2 fully saturated rings. The lowest BCUT2D eigenvalue weighted by molar-refractivity contribution is -0.135. The third-order valence-electron chi connectivity index (χ3n) is 6.44. The second-order valence-electron chi connectivity index (χ2n) is 9.07. The molecule has 0 aromatic heterocycles. The van der Waals surface area contributed by atoms with Gasteiger partial charge < -0.3 is 4.90 Å². The van der Waals surface area contributed by atoms with Crippen LogP contribution in [0.25, 0.3) is 0 Å². The first-order valence-corrected chi connectivity index (χ1v) is 12.8. The second-order valence-corrected chi connectivity index (χ2v) is 11.6. The molecule has 2 aromatic rings. The van der Waals surface area contributed by atoms with Crippen LogP contribution in [0.2, 0.25) is 0 Å². The highest BCUT2D eigenvalue weighted by Gasteiger charge is 2.37. The van der Waals surface area contributed by atoms with Crippen LogP contribution in [-0.4, -0.2) is 61.1 Å². The second kappa shape index (κ2) is 9.13. The van der Waals surface area contributed by atoms with Gasteiger partial charge in [-0.1, -0.05) is 42.5 Å². The lowest BCUT2D eigenvalue weighted by Gasteiger charge is -2.42. The summed E-state index contributed by atoms with van der Waals surface area (Å²) in [5.41, 5.74) is 2.11. The number of carbonyl (C=O) groups is 1. The summed E-state index contributed by atoms with van der Waals surface area (Å²) in [4.78, 5) is 18.1. The molecule has 1 unspecified atom stereocenters. The molecule has 0 N–H and O–H groups in total. The standard InChI is InChI=1S/C25H32N2O3S/c1-19(2)31(29,30)24-12-8-21(9-13-24)17-25(28)27-15-14-26(22-10-11-22)18-23(27)16-20-6-4-3-5-7-20/h3-9,12-13,19,22-23H,10-11,14-18H2,1-2H3. The molecule has 2 aliphatic rings. The fourth-order valence-corrected chi connectivity index (χ4v) is 5.44. The van der Waals surface area contributed by atoms with Gasteiger partial charge in [-0.15, -0.1) is 0 Å². The van der Waals surface area contributed by atoms with Crippen molar-refractivity contribution in [2.45, 2.75) is 61.8 Å². The van der Waals surface area contributed by atoms with E-state index in [2.05, 4.69) is 29.2 Å². The van der Waals surface area contributed by atoms with E-state index in [1.54, 1.807) is 38.1 Å². The topological polar surface area (TPSA) is 57.7 Å². The molecule has 1 saturated carbocycles. The van der Waals surface area contributed by atoms with E-state index in [9.17, 15) is 13.2 Å². The van der Waals surface area contributed by atoms with Crippen LogP contribution in [0.4, 0.5) is 0 Å². The number of sulfone groups is 1. The molecule has 1 aliphatic carbocycles. The summed E-state index contributed by atoms with van der Waals surface area (Å²) in [7, 11) is -3.30. The Morgan fingerprint density at radius 1 is 0.968 bits per heavy atom. The van der Waals surface area contributed by atoms with Crippen LogP contribution in [0, 0.1) is 0 Å². The van der Waals surface area contributed by atoms with Crippen molar-refractivity contribution in [3.05, 3.63) is 65.7 Å². The van der Waals surface area contributed by atoms with Gasteiger partial charge in [-0.05, 0) is 56.4 Å². The fraction of sp³-hybridized carbons (Fsp3) is 0.480. The smallest absolute Gasteiger partial charge is 0.227 e. The van der Waals surface area contributed by atoms with Gasteiger partial charge in [0, 0.05) is 31.7 Å². The van der Waals surface area contributed by atoms with Crippen LogP contribution >= 0.6 is 0 Å². The number of carbonyl (C=O) groups excluding carboxylic acids is 1. The minimum atomic E-state index is -3.30. The fourth-order valence-electron chi connectivity index (χ4n) is 4.39. The molecule has 5 nitrogen and oxygen atoms in total. The van der Waals surface area contributed by atoms with Crippen LogP contribution in [0.1, 0.15) is 37.8 Å². The van der Waals surface area contributed by atoms with Crippen LogP contribution in [0.5, 0.6) is 0 Å². The van der Waals surface area contributed by atoms with Crippen molar-refractivity contribution in [1.82, 2.24) is 9.80 Å². The highest BCUT2D eigenvalue weighted by Crippen LogP contribution is 2.30. The van der Waals surface area contributed by atoms with Crippen LogP contribution in [0.3, 0.4) is 0 Å². The molecule has 1 atom stereocenters. The van der Waals surface area contributed by atoms with E-state index in [1.165, 1.54) is 18.4 Å². The van der Waals surface area contributed by atoms with Gasteiger partial charge in [-0.2, -0.15) is 0 Å². The maximum atomic E-state index is 13.2. The van der Waals surface area contributed by atoms with Gasteiger partial charge >= 0.3 is 0 Å². The van der Waals surface area contributed by atoms with E-state index in [4.69, 9.17) is 0 Å². The van der Waals surface area contributed by atoms with Crippen molar-refractivity contribution in [2.75, 3.05) is 19.6 Å². The van der Waals surface area contributed by atoms with Crippen molar-refractivity contribution in [2.24, 2.45) is 0 Å². The van der Waals surface area contributed by atoms with E-state index >= 15 is 0 Å². The molecule has 0 spiro atoms. The Hall–Kier alpha value is -2.18. The predicted octanol–water partition coefficient (Wildman–Crippen LogP) is 3.33. The Bertz CT molecular complexity index is 999. The third kappa shape index (κ3) is 5.18. The van der Waals surface area contributed by atoms with Crippen molar-refractivity contribution in [3.63, 3.8) is 0 Å². The van der Waals surface area contributed by atoms with E-state index in [-0.39, 0.29) is 11.9 Å². The largest absolute Gasteiger partial charge is 0.337 e. The first-order chi connectivity index (χ1) is 14.8. The first kappa shape index (κ1) is 22.0. The minimum absolute atomic E-state index is 0.121. The summed E-state index contributed by atoms with van der Waals surface area (Å²) in [5.74, 6) is 0.121. The number of rotatable bonds is 7. The van der Waals surface area contributed by atoms with Gasteiger partial charge in [0.25, 0.3) is 0 Å². The van der Waals surface area contributed by atoms with E-state index in [1.807, 2.05) is 11.0 Å². The highest BCUT2D eigenvalue weighted by molar-refractivity contribution is 7.92.